The SMILES string of the molecule is CNc1cnccc1-c1ccc(F)cc1C.Cc1cc(F)ccc1-c1ccnc(C(C)(C)C)c1. The summed E-state index contributed by atoms with van der Waals surface area (Å²) in [5.74, 6) is -0.400. The largest absolute Gasteiger partial charge is 0.386 e. The maximum absolute atomic E-state index is 13.1. The highest BCUT2D eigenvalue weighted by molar-refractivity contribution is 5.78. The van der Waals surface area contributed by atoms with Crippen LogP contribution in [0.15, 0.2) is 73.2 Å². The third-order valence-electron chi connectivity index (χ3n) is 5.60. The van der Waals surface area contributed by atoms with E-state index in [2.05, 4.69) is 42.1 Å². The summed E-state index contributed by atoms with van der Waals surface area (Å²) >= 11 is 0. The molecule has 0 radical (unpaired) electrons. The molecule has 0 aliphatic heterocycles. The third-order valence-corrected chi connectivity index (χ3v) is 5.60. The molecule has 0 atom stereocenters. The van der Waals surface area contributed by atoms with Crippen LogP contribution in [0.1, 0.15) is 37.6 Å². The molecular formula is C29H31F2N3. The van der Waals surface area contributed by atoms with E-state index in [1.54, 1.807) is 24.5 Å². The summed E-state index contributed by atoms with van der Waals surface area (Å²) < 4.78 is 26.1. The third kappa shape index (κ3) is 6.04. The van der Waals surface area contributed by atoms with Crippen LogP contribution in [-0.2, 0) is 5.41 Å². The number of anilines is 1. The smallest absolute Gasteiger partial charge is 0.123 e. The summed E-state index contributed by atoms with van der Waals surface area (Å²) in [7, 11) is 1.85. The number of hydrogen-bond donors (Lipinski definition) is 1. The number of benzene rings is 2. The number of pyridine rings is 2. The summed E-state index contributed by atoms with van der Waals surface area (Å²) in [5.41, 5.74) is 8.08. The lowest BCUT2D eigenvalue weighted by Gasteiger charge is -2.18. The van der Waals surface area contributed by atoms with Crippen LogP contribution in [0.25, 0.3) is 22.3 Å². The Balaban J connectivity index is 0.000000192. The van der Waals surface area contributed by atoms with Crippen molar-refractivity contribution in [2.45, 2.75) is 40.0 Å². The van der Waals surface area contributed by atoms with Crippen molar-refractivity contribution in [3.8, 4) is 22.3 Å². The average molecular weight is 460 g/mol. The predicted octanol–water partition coefficient (Wildman–Crippen LogP) is 7.73. The molecule has 176 valence electrons. The molecule has 2 aromatic heterocycles. The highest BCUT2D eigenvalue weighted by atomic mass is 19.1. The number of nitrogens with one attached hydrogen (secondary N) is 1. The Kier molecular flexibility index (Phi) is 7.77. The first-order valence-corrected chi connectivity index (χ1v) is 11.2. The highest BCUT2D eigenvalue weighted by Crippen LogP contribution is 2.30. The summed E-state index contributed by atoms with van der Waals surface area (Å²) in [6.45, 7) is 10.2. The Labute approximate surface area is 200 Å². The van der Waals surface area contributed by atoms with E-state index in [1.165, 1.54) is 18.2 Å². The van der Waals surface area contributed by atoms with E-state index in [4.69, 9.17) is 0 Å². The average Bonchev–Trinajstić information content (AvgIpc) is 2.79. The molecule has 5 heteroatoms. The summed E-state index contributed by atoms with van der Waals surface area (Å²) in [5, 5.41) is 3.08. The number of aromatic nitrogens is 2. The Morgan fingerprint density at radius 1 is 0.735 bits per heavy atom. The molecule has 0 saturated heterocycles. The van der Waals surface area contributed by atoms with Gasteiger partial charge in [-0.3, -0.25) is 9.97 Å². The lowest BCUT2D eigenvalue weighted by molar-refractivity contribution is 0.569. The van der Waals surface area contributed by atoms with Crippen molar-refractivity contribution in [1.29, 1.82) is 0 Å². The number of halogens is 2. The van der Waals surface area contributed by atoms with Crippen LogP contribution in [0.2, 0.25) is 0 Å². The quantitative estimate of drug-likeness (QED) is 0.341. The van der Waals surface area contributed by atoms with E-state index in [0.29, 0.717) is 0 Å². The van der Waals surface area contributed by atoms with E-state index in [1.807, 2.05) is 45.3 Å². The molecule has 3 nitrogen and oxygen atoms in total. The van der Waals surface area contributed by atoms with Gasteiger partial charge in [-0.25, -0.2) is 8.78 Å². The van der Waals surface area contributed by atoms with Crippen molar-refractivity contribution in [1.82, 2.24) is 9.97 Å². The lowest BCUT2D eigenvalue weighted by Crippen LogP contribution is -2.13. The summed E-state index contributed by atoms with van der Waals surface area (Å²) in [6, 6.07) is 15.7. The number of aryl methyl sites for hydroxylation is 2. The molecule has 1 N–H and O–H groups in total. The van der Waals surface area contributed by atoms with Crippen LogP contribution < -0.4 is 5.32 Å². The van der Waals surface area contributed by atoms with Gasteiger partial charge in [-0.2, -0.15) is 0 Å². The molecule has 0 bridgehead atoms. The predicted molar refractivity (Wildman–Crippen MR) is 137 cm³/mol. The maximum Gasteiger partial charge on any atom is 0.123 e. The molecule has 0 fully saturated rings. The van der Waals surface area contributed by atoms with Crippen LogP contribution in [0, 0.1) is 25.5 Å². The summed E-state index contributed by atoms with van der Waals surface area (Å²) in [6.07, 6.45) is 5.32. The van der Waals surface area contributed by atoms with Crippen molar-refractivity contribution in [2.24, 2.45) is 0 Å². The van der Waals surface area contributed by atoms with Gasteiger partial charge in [-0.1, -0.05) is 32.9 Å². The normalized spacial score (nSPS) is 10.9. The second kappa shape index (κ2) is 10.6. The molecule has 4 aromatic rings. The Bertz CT molecular complexity index is 1280. The van der Waals surface area contributed by atoms with Crippen molar-refractivity contribution >= 4 is 5.69 Å². The van der Waals surface area contributed by atoms with E-state index in [0.717, 1.165) is 44.8 Å². The first kappa shape index (κ1) is 25.0. The molecule has 0 amide bonds. The van der Waals surface area contributed by atoms with Gasteiger partial charge in [0.1, 0.15) is 11.6 Å². The molecule has 4 rings (SSSR count). The van der Waals surface area contributed by atoms with Gasteiger partial charge in [0.15, 0.2) is 0 Å². The zero-order valence-corrected chi connectivity index (χ0v) is 20.6. The fourth-order valence-electron chi connectivity index (χ4n) is 3.72. The standard InChI is InChI=1S/C16H18FN.C13H13FN2/c1-11-9-13(17)5-6-14(11)12-7-8-18-15(10-12)16(2,3)4;1-9-7-10(14)3-4-11(9)12-5-6-16-8-13(12)15-2/h5-10H,1-4H3;3-8,15H,1-2H3. The fourth-order valence-corrected chi connectivity index (χ4v) is 3.72. The molecule has 2 heterocycles. The first-order chi connectivity index (χ1) is 16.1. The molecular weight excluding hydrogens is 428 g/mol. The molecule has 0 unspecified atom stereocenters. The molecule has 0 aliphatic rings. The van der Waals surface area contributed by atoms with E-state index < -0.39 is 0 Å². The van der Waals surface area contributed by atoms with Crippen molar-refractivity contribution < 1.29 is 8.78 Å². The molecule has 34 heavy (non-hydrogen) atoms. The number of hydrogen-bond acceptors (Lipinski definition) is 3. The van der Waals surface area contributed by atoms with Gasteiger partial charge in [0.2, 0.25) is 0 Å². The Morgan fingerprint density at radius 3 is 1.91 bits per heavy atom. The van der Waals surface area contributed by atoms with Gasteiger partial charge in [-0.15, -0.1) is 0 Å². The first-order valence-electron chi connectivity index (χ1n) is 11.2. The van der Waals surface area contributed by atoms with Crippen molar-refractivity contribution in [3.63, 3.8) is 0 Å². The monoisotopic (exact) mass is 459 g/mol. The summed E-state index contributed by atoms with van der Waals surface area (Å²) in [4.78, 5) is 8.46. The van der Waals surface area contributed by atoms with Crippen LogP contribution in [0.3, 0.4) is 0 Å². The van der Waals surface area contributed by atoms with Crippen molar-refractivity contribution in [3.05, 3.63) is 102 Å². The molecule has 0 spiro atoms. The maximum atomic E-state index is 13.1. The second-order valence-corrected chi connectivity index (χ2v) is 9.27. The van der Waals surface area contributed by atoms with Gasteiger partial charge in [0.05, 0.1) is 11.9 Å². The van der Waals surface area contributed by atoms with E-state index in [9.17, 15) is 8.78 Å². The van der Waals surface area contributed by atoms with Crippen molar-refractivity contribution in [2.75, 3.05) is 12.4 Å². The van der Waals surface area contributed by atoms with Crippen LogP contribution >= 0.6 is 0 Å². The number of nitrogens with zero attached hydrogens (tertiary/aromatic N) is 2. The lowest BCUT2D eigenvalue weighted by atomic mass is 9.89. The van der Waals surface area contributed by atoms with E-state index in [-0.39, 0.29) is 17.0 Å². The highest BCUT2D eigenvalue weighted by Gasteiger charge is 2.16. The van der Waals surface area contributed by atoms with Crippen LogP contribution in [0.5, 0.6) is 0 Å². The molecule has 0 aliphatic carbocycles. The van der Waals surface area contributed by atoms with Crippen LogP contribution in [0.4, 0.5) is 14.5 Å². The van der Waals surface area contributed by atoms with Gasteiger partial charge in [0, 0.05) is 36.1 Å². The minimum atomic E-state index is -0.207. The zero-order chi connectivity index (χ0) is 24.9. The van der Waals surface area contributed by atoms with E-state index >= 15 is 0 Å². The van der Waals surface area contributed by atoms with Gasteiger partial charge < -0.3 is 5.32 Å². The second-order valence-electron chi connectivity index (χ2n) is 9.27. The minimum absolute atomic E-state index is 0.0178. The van der Waals surface area contributed by atoms with Crippen LogP contribution in [-0.4, -0.2) is 17.0 Å². The van der Waals surface area contributed by atoms with Gasteiger partial charge in [-0.05, 0) is 84.1 Å². The Morgan fingerprint density at radius 2 is 1.35 bits per heavy atom. The molecule has 2 aromatic carbocycles. The minimum Gasteiger partial charge on any atom is -0.386 e. The van der Waals surface area contributed by atoms with Gasteiger partial charge in [0.25, 0.3) is 0 Å². The number of rotatable bonds is 3. The molecule has 0 saturated carbocycles. The topological polar surface area (TPSA) is 37.8 Å². The fraction of sp³-hybridized carbons (Fsp3) is 0.241. The van der Waals surface area contributed by atoms with Gasteiger partial charge >= 0.3 is 0 Å². The Hall–Kier alpha value is -3.60. The zero-order valence-electron chi connectivity index (χ0n) is 20.6.